The highest BCUT2D eigenvalue weighted by Crippen LogP contribution is 2.69. The van der Waals surface area contributed by atoms with E-state index in [4.69, 9.17) is 4.74 Å². The van der Waals surface area contributed by atoms with Crippen molar-refractivity contribution >= 4 is 46.2 Å². The van der Waals surface area contributed by atoms with Crippen molar-refractivity contribution in [3.8, 4) is 5.75 Å². The van der Waals surface area contributed by atoms with Crippen LogP contribution in [0, 0.1) is 17.8 Å². The van der Waals surface area contributed by atoms with E-state index in [1.807, 2.05) is 55.5 Å². The van der Waals surface area contributed by atoms with Gasteiger partial charge in [-0.15, -0.1) is 30.0 Å². The van der Waals surface area contributed by atoms with Crippen LogP contribution in [0.4, 0.5) is 5.69 Å². The number of carbonyl (C=O) groups excluding carboxylic acids is 3. The standard InChI is InChI=1S/C35H42N6O5S/c1-6-17-38(21-40-27-12-10-9-11-26(27)36-37-40)34(45)31-35-22(4)19-28(47-35)29(30(35)33(44)41(31)23(5)20-42)32(43)39(18-7-2)24-13-15-25(16-14-24)46-8-3/h6-7,9-16,22-23,28-31,42H,1-2,8,17-21H2,3-5H3/t22?,23-,28-,29+,30+,31?,35?/m1/s1. The van der Waals surface area contributed by atoms with Crippen LogP contribution in [0.2, 0.25) is 0 Å². The molecule has 248 valence electrons. The number of thioether (sulfide) groups is 1. The Kier molecular flexibility index (Phi) is 9.17. The van der Waals surface area contributed by atoms with Gasteiger partial charge in [-0.1, -0.05) is 36.4 Å². The molecule has 0 aliphatic carbocycles. The molecule has 0 saturated carbocycles. The molecule has 2 aromatic carbocycles. The number of ether oxygens (including phenoxy) is 1. The molecular weight excluding hydrogens is 616 g/mol. The Morgan fingerprint density at radius 2 is 1.87 bits per heavy atom. The summed E-state index contributed by atoms with van der Waals surface area (Å²) >= 11 is 1.61. The van der Waals surface area contributed by atoms with Gasteiger partial charge in [0.05, 0.1) is 41.4 Å². The number of aliphatic hydroxyl groups is 1. The van der Waals surface area contributed by atoms with Crippen molar-refractivity contribution in [2.75, 3.05) is 31.2 Å². The summed E-state index contributed by atoms with van der Waals surface area (Å²) in [5, 5.41) is 18.8. The van der Waals surface area contributed by atoms with Gasteiger partial charge in [-0.25, -0.2) is 4.68 Å². The Hall–Kier alpha value is -4.16. The number of aromatic nitrogens is 3. The van der Waals surface area contributed by atoms with Gasteiger partial charge in [-0.2, -0.15) is 0 Å². The Morgan fingerprint density at radius 1 is 1.15 bits per heavy atom. The van der Waals surface area contributed by atoms with Gasteiger partial charge in [0.2, 0.25) is 17.7 Å². The van der Waals surface area contributed by atoms with Crippen LogP contribution < -0.4 is 9.64 Å². The van der Waals surface area contributed by atoms with Crippen molar-refractivity contribution in [2.24, 2.45) is 17.8 Å². The number of aliphatic hydroxyl groups excluding tert-OH is 1. The maximum Gasteiger partial charge on any atom is 0.248 e. The van der Waals surface area contributed by atoms with Crippen molar-refractivity contribution < 1.29 is 24.2 Å². The highest BCUT2D eigenvalue weighted by molar-refractivity contribution is 8.02. The molecule has 6 rings (SSSR count). The number of amides is 3. The number of nitrogens with zero attached hydrogens (tertiary/aromatic N) is 6. The maximum atomic E-state index is 14.9. The summed E-state index contributed by atoms with van der Waals surface area (Å²) in [6, 6.07) is 13.3. The lowest BCUT2D eigenvalue weighted by molar-refractivity contribution is -0.146. The highest BCUT2D eigenvalue weighted by Gasteiger charge is 2.76. The van der Waals surface area contributed by atoms with Gasteiger partial charge in [0.1, 0.15) is 24.0 Å². The summed E-state index contributed by atoms with van der Waals surface area (Å²) in [6.45, 7) is 14.3. The molecule has 2 bridgehead atoms. The molecular formula is C35H42N6O5S. The van der Waals surface area contributed by atoms with Gasteiger partial charge in [-0.3, -0.25) is 14.4 Å². The molecule has 3 fully saturated rings. The fourth-order valence-corrected chi connectivity index (χ4v) is 10.2. The molecule has 4 heterocycles. The van der Waals surface area contributed by atoms with Gasteiger partial charge in [0.25, 0.3) is 0 Å². The molecule has 11 nitrogen and oxygen atoms in total. The maximum absolute atomic E-state index is 14.9. The summed E-state index contributed by atoms with van der Waals surface area (Å²) in [5.41, 5.74) is 2.17. The Labute approximate surface area is 279 Å². The fourth-order valence-electron chi connectivity index (χ4n) is 7.83. The Morgan fingerprint density at radius 3 is 2.55 bits per heavy atom. The van der Waals surface area contributed by atoms with Crippen molar-refractivity contribution in [2.45, 2.75) is 55.9 Å². The second-order valence-electron chi connectivity index (χ2n) is 12.6. The van der Waals surface area contributed by atoms with Gasteiger partial charge in [0, 0.05) is 24.0 Å². The highest BCUT2D eigenvalue weighted by atomic mass is 32.2. The zero-order chi connectivity index (χ0) is 33.5. The fraction of sp³-hybridized carbons (Fsp3) is 0.457. The first-order valence-electron chi connectivity index (χ1n) is 16.2. The third-order valence-electron chi connectivity index (χ3n) is 9.86. The normalized spacial score (nSPS) is 26.7. The third-order valence-corrected chi connectivity index (χ3v) is 11.9. The average Bonchev–Trinajstić information content (AvgIpc) is 3.80. The van der Waals surface area contributed by atoms with E-state index in [9.17, 15) is 19.5 Å². The molecule has 7 atom stereocenters. The second-order valence-corrected chi connectivity index (χ2v) is 14.1. The molecule has 1 N–H and O–H groups in total. The molecule has 1 spiro atoms. The van der Waals surface area contributed by atoms with E-state index >= 15 is 0 Å². The van der Waals surface area contributed by atoms with E-state index in [0.29, 0.717) is 30.0 Å². The van der Waals surface area contributed by atoms with Crippen LogP contribution in [-0.4, -0.2) is 96.0 Å². The van der Waals surface area contributed by atoms with Gasteiger partial charge in [-0.05, 0) is 62.6 Å². The predicted molar refractivity (Wildman–Crippen MR) is 182 cm³/mol. The van der Waals surface area contributed by atoms with E-state index < -0.39 is 28.7 Å². The van der Waals surface area contributed by atoms with E-state index in [-0.39, 0.29) is 55.3 Å². The van der Waals surface area contributed by atoms with Crippen LogP contribution in [-0.2, 0) is 21.1 Å². The molecule has 47 heavy (non-hydrogen) atoms. The molecule has 3 aliphatic heterocycles. The van der Waals surface area contributed by atoms with Gasteiger partial charge >= 0.3 is 0 Å². The van der Waals surface area contributed by atoms with Crippen molar-refractivity contribution in [1.82, 2.24) is 24.8 Å². The van der Waals surface area contributed by atoms with Crippen molar-refractivity contribution in [3.05, 3.63) is 73.8 Å². The van der Waals surface area contributed by atoms with E-state index in [1.54, 1.807) is 50.2 Å². The van der Waals surface area contributed by atoms with Crippen LogP contribution in [0.15, 0.2) is 73.8 Å². The number of hydrogen-bond acceptors (Lipinski definition) is 8. The Balaban J connectivity index is 1.38. The molecule has 0 radical (unpaired) electrons. The SMILES string of the molecule is C=CCN(Cn1nnc2ccccc21)C(=O)C1N([C@H](C)CO)C(=O)[C@@H]2[C@@H](C(=O)N(CC=C)c3ccc(OCC)cc3)[C@H]3CC(C)C12S3. The molecule has 3 aromatic rings. The van der Waals surface area contributed by atoms with Crippen LogP contribution >= 0.6 is 11.8 Å². The number of para-hydroxylation sites is 1. The molecule has 3 saturated heterocycles. The van der Waals surface area contributed by atoms with Crippen LogP contribution in [0.25, 0.3) is 11.0 Å². The van der Waals surface area contributed by atoms with Gasteiger partial charge < -0.3 is 24.5 Å². The summed E-state index contributed by atoms with van der Waals surface area (Å²) in [4.78, 5) is 49.0. The number of benzene rings is 2. The number of anilines is 1. The minimum Gasteiger partial charge on any atom is -0.494 e. The molecule has 12 heteroatoms. The zero-order valence-electron chi connectivity index (χ0n) is 27.1. The smallest absolute Gasteiger partial charge is 0.248 e. The lowest BCUT2D eigenvalue weighted by Gasteiger charge is -2.41. The number of hydrogen-bond donors (Lipinski definition) is 1. The zero-order valence-corrected chi connectivity index (χ0v) is 27.9. The van der Waals surface area contributed by atoms with E-state index in [2.05, 4.69) is 30.4 Å². The van der Waals surface area contributed by atoms with Crippen LogP contribution in [0.1, 0.15) is 27.2 Å². The lowest BCUT2D eigenvalue weighted by atomic mass is 9.65. The lowest BCUT2D eigenvalue weighted by Crippen LogP contribution is -2.59. The first kappa shape index (κ1) is 32.8. The number of fused-ring (bicyclic) bond motifs is 2. The molecule has 1 aromatic heterocycles. The number of rotatable bonds is 13. The Bertz CT molecular complexity index is 1680. The first-order valence-corrected chi connectivity index (χ1v) is 17.0. The number of likely N-dealkylation sites (tertiary alicyclic amines) is 1. The minimum absolute atomic E-state index is 0.0311. The third kappa shape index (κ3) is 5.31. The van der Waals surface area contributed by atoms with Crippen LogP contribution in [0.3, 0.4) is 0 Å². The average molecular weight is 659 g/mol. The van der Waals surface area contributed by atoms with E-state index in [0.717, 1.165) is 5.52 Å². The summed E-state index contributed by atoms with van der Waals surface area (Å²) in [6.07, 6.45) is 4.02. The molecule has 3 aliphatic rings. The predicted octanol–water partition coefficient (Wildman–Crippen LogP) is 3.74. The summed E-state index contributed by atoms with van der Waals surface area (Å²) in [5.74, 6) is -1.40. The summed E-state index contributed by atoms with van der Waals surface area (Å²) in [7, 11) is 0. The molecule has 3 unspecified atom stereocenters. The minimum atomic E-state index is -0.891. The monoisotopic (exact) mass is 658 g/mol. The van der Waals surface area contributed by atoms with Crippen molar-refractivity contribution in [3.63, 3.8) is 0 Å². The second kappa shape index (κ2) is 13.2. The van der Waals surface area contributed by atoms with Gasteiger partial charge in [0.15, 0.2) is 0 Å². The summed E-state index contributed by atoms with van der Waals surface area (Å²) < 4.78 is 6.42. The largest absolute Gasteiger partial charge is 0.494 e. The van der Waals surface area contributed by atoms with Crippen molar-refractivity contribution in [1.29, 1.82) is 0 Å². The quantitative estimate of drug-likeness (QED) is 0.276. The molecule has 3 amide bonds. The van der Waals surface area contributed by atoms with E-state index in [1.165, 1.54) is 0 Å². The number of carbonyl (C=O) groups is 3. The topological polar surface area (TPSA) is 121 Å². The van der Waals surface area contributed by atoms with Crippen LogP contribution in [0.5, 0.6) is 5.75 Å². The first-order chi connectivity index (χ1) is 22.7.